The van der Waals surface area contributed by atoms with Crippen molar-refractivity contribution in [3.8, 4) is 5.75 Å². The zero-order valence-corrected chi connectivity index (χ0v) is 14.3. The van der Waals surface area contributed by atoms with Gasteiger partial charge in [0.1, 0.15) is 12.4 Å². The van der Waals surface area contributed by atoms with Gasteiger partial charge in [-0.05, 0) is 29.8 Å². The number of methoxy groups -OCH3 is 1. The predicted octanol–water partition coefficient (Wildman–Crippen LogP) is 2.49. The van der Waals surface area contributed by atoms with Gasteiger partial charge in [-0.25, -0.2) is 4.79 Å². The third-order valence-corrected chi connectivity index (χ3v) is 3.48. The Hall–Kier alpha value is -3.41. The van der Waals surface area contributed by atoms with Crippen LogP contribution in [0.3, 0.4) is 0 Å². The Kier molecular flexibility index (Phi) is 7.12. The number of benzene rings is 2. The van der Waals surface area contributed by atoms with Crippen LogP contribution in [0.5, 0.6) is 5.75 Å². The van der Waals surface area contributed by atoms with Crippen LogP contribution in [0.1, 0.15) is 26.3 Å². The molecule has 0 fully saturated rings. The zero-order chi connectivity index (χ0) is 18.8. The van der Waals surface area contributed by atoms with E-state index in [0.29, 0.717) is 29.7 Å². The van der Waals surface area contributed by atoms with Crippen LogP contribution in [0, 0.1) is 0 Å². The number of hydrogen-bond acceptors (Lipinski definition) is 5. The smallest absolute Gasteiger partial charge is 0.330 e. The molecule has 0 aromatic heterocycles. The normalized spacial score (nSPS) is 10.3. The fourth-order valence-electron chi connectivity index (χ4n) is 2.14. The molecule has 0 bridgehead atoms. The highest BCUT2D eigenvalue weighted by molar-refractivity contribution is 6.01. The summed E-state index contributed by atoms with van der Waals surface area (Å²) in [6.45, 7) is 0.586. The molecule has 0 unspecified atom stereocenters. The Morgan fingerprint density at radius 1 is 1.08 bits per heavy atom. The number of amides is 1. The number of nitrogens with one attached hydrogen (secondary N) is 1. The van der Waals surface area contributed by atoms with Gasteiger partial charge in [-0.1, -0.05) is 30.3 Å². The maximum Gasteiger partial charge on any atom is 0.330 e. The zero-order valence-electron chi connectivity index (χ0n) is 14.3. The highest BCUT2D eigenvalue weighted by Crippen LogP contribution is 2.13. The summed E-state index contributed by atoms with van der Waals surface area (Å²) in [5.74, 6) is -0.0976. The summed E-state index contributed by atoms with van der Waals surface area (Å²) in [5.41, 5.74) is 1.52. The Bertz CT molecular complexity index is 796. The minimum atomic E-state index is -0.419. The first-order chi connectivity index (χ1) is 12.6. The fourth-order valence-corrected chi connectivity index (χ4v) is 2.14. The summed E-state index contributed by atoms with van der Waals surface area (Å²) in [6, 6.07) is 13.7. The maximum absolute atomic E-state index is 12.1. The Morgan fingerprint density at radius 3 is 2.50 bits per heavy atom. The molecular weight excluding hydrogens is 334 g/mol. The molecule has 0 atom stereocenters. The van der Waals surface area contributed by atoms with E-state index in [9.17, 15) is 14.4 Å². The Balaban J connectivity index is 1.79. The molecule has 6 nitrogen and oxygen atoms in total. The van der Waals surface area contributed by atoms with Crippen LogP contribution < -0.4 is 10.1 Å². The van der Waals surface area contributed by atoms with E-state index in [1.165, 1.54) is 13.2 Å². The first-order valence-electron chi connectivity index (χ1n) is 7.95. The fraction of sp³-hybridized carbons (Fsp3) is 0.150. The van der Waals surface area contributed by atoms with Crippen LogP contribution in [0.15, 0.2) is 54.6 Å². The van der Waals surface area contributed by atoms with Crippen molar-refractivity contribution in [2.24, 2.45) is 0 Å². The minimum absolute atomic E-state index is 0.284. The molecule has 0 heterocycles. The van der Waals surface area contributed by atoms with Gasteiger partial charge in [0.25, 0.3) is 5.91 Å². The van der Waals surface area contributed by atoms with E-state index in [2.05, 4.69) is 10.1 Å². The quantitative estimate of drug-likeness (QED) is 0.341. The van der Waals surface area contributed by atoms with Crippen molar-refractivity contribution in [3.05, 3.63) is 71.3 Å². The van der Waals surface area contributed by atoms with Crippen molar-refractivity contribution in [2.75, 3.05) is 20.3 Å². The summed E-state index contributed by atoms with van der Waals surface area (Å²) in [5, 5.41) is 2.71. The largest absolute Gasteiger partial charge is 0.492 e. The molecule has 2 aromatic carbocycles. The Labute approximate surface area is 151 Å². The molecule has 0 aliphatic heterocycles. The molecule has 0 aliphatic carbocycles. The first-order valence-corrected chi connectivity index (χ1v) is 7.95. The van der Waals surface area contributed by atoms with Crippen LogP contribution in [-0.4, -0.2) is 38.4 Å². The van der Waals surface area contributed by atoms with Gasteiger partial charge in [-0.3, -0.25) is 9.59 Å². The van der Waals surface area contributed by atoms with Crippen molar-refractivity contribution >= 4 is 24.2 Å². The van der Waals surface area contributed by atoms with Crippen molar-refractivity contribution in [1.29, 1.82) is 0 Å². The molecule has 0 saturated heterocycles. The highest BCUT2D eigenvalue weighted by atomic mass is 16.5. The van der Waals surface area contributed by atoms with E-state index in [0.717, 1.165) is 5.56 Å². The summed E-state index contributed by atoms with van der Waals surface area (Å²) in [7, 11) is 1.32. The molecule has 6 heteroatoms. The number of hydrogen-bond donors (Lipinski definition) is 1. The lowest BCUT2D eigenvalue weighted by Crippen LogP contribution is -2.28. The molecule has 0 spiro atoms. The second-order valence-electron chi connectivity index (χ2n) is 5.23. The molecule has 0 aliphatic rings. The van der Waals surface area contributed by atoms with Crippen molar-refractivity contribution in [2.45, 2.75) is 0 Å². The van der Waals surface area contributed by atoms with E-state index >= 15 is 0 Å². The lowest BCUT2D eigenvalue weighted by Gasteiger charge is -2.09. The molecule has 26 heavy (non-hydrogen) atoms. The summed E-state index contributed by atoms with van der Waals surface area (Å²) in [4.78, 5) is 34.0. The minimum Gasteiger partial charge on any atom is -0.492 e. The van der Waals surface area contributed by atoms with E-state index < -0.39 is 5.97 Å². The number of esters is 1. The van der Waals surface area contributed by atoms with Crippen LogP contribution in [0.4, 0.5) is 0 Å². The van der Waals surface area contributed by atoms with Crippen LogP contribution in [-0.2, 0) is 9.53 Å². The number of carbonyl (C=O) groups excluding carboxylic acids is 3. The third-order valence-electron chi connectivity index (χ3n) is 3.48. The molecule has 2 rings (SSSR count). The second kappa shape index (κ2) is 9.78. The topological polar surface area (TPSA) is 81.7 Å². The van der Waals surface area contributed by atoms with Gasteiger partial charge in [0, 0.05) is 17.2 Å². The molecule has 2 aromatic rings. The molecule has 0 saturated carbocycles. The monoisotopic (exact) mass is 353 g/mol. The number of aldehydes is 1. The molecule has 1 amide bonds. The Morgan fingerprint density at radius 2 is 1.81 bits per heavy atom. The van der Waals surface area contributed by atoms with Crippen LogP contribution >= 0.6 is 0 Å². The molecule has 134 valence electrons. The van der Waals surface area contributed by atoms with Crippen molar-refractivity contribution in [1.82, 2.24) is 5.32 Å². The number of ether oxygens (including phenoxy) is 2. The van der Waals surface area contributed by atoms with E-state index in [-0.39, 0.29) is 12.5 Å². The standard InChI is InChI=1S/C20H19NO5/c1-25-19(23)11-8-15-6-9-17(10-7-15)26-13-12-21-20(24)18-5-3-2-4-16(18)14-22/h2-11,14H,12-13H2,1H3,(H,21,24)/b11-8+. The van der Waals surface area contributed by atoms with Gasteiger partial charge >= 0.3 is 5.97 Å². The lowest BCUT2D eigenvalue weighted by atomic mass is 10.1. The third kappa shape index (κ3) is 5.59. The summed E-state index contributed by atoms with van der Waals surface area (Å²) in [6.07, 6.45) is 3.63. The SMILES string of the molecule is COC(=O)/C=C/c1ccc(OCCNC(=O)c2ccccc2C=O)cc1. The lowest BCUT2D eigenvalue weighted by molar-refractivity contribution is -0.134. The van der Waals surface area contributed by atoms with E-state index in [4.69, 9.17) is 4.74 Å². The van der Waals surface area contributed by atoms with Crippen LogP contribution in [0.25, 0.3) is 6.08 Å². The number of carbonyl (C=O) groups is 3. The van der Waals surface area contributed by atoms with Crippen LogP contribution in [0.2, 0.25) is 0 Å². The first kappa shape index (κ1) is 18.9. The highest BCUT2D eigenvalue weighted by Gasteiger charge is 2.09. The predicted molar refractivity (Wildman–Crippen MR) is 97.1 cm³/mol. The van der Waals surface area contributed by atoms with Gasteiger partial charge in [0.15, 0.2) is 6.29 Å². The van der Waals surface area contributed by atoms with E-state index in [1.54, 1.807) is 54.6 Å². The average Bonchev–Trinajstić information content (AvgIpc) is 2.69. The summed E-state index contributed by atoms with van der Waals surface area (Å²) < 4.78 is 10.1. The number of rotatable bonds is 8. The van der Waals surface area contributed by atoms with Gasteiger partial charge in [0.05, 0.1) is 13.7 Å². The van der Waals surface area contributed by atoms with Gasteiger partial charge < -0.3 is 14.8 Å². The average molecular weight is 353 g/mol. The van der Waals surface area contributed by atoms with Crippen molar-refractivity contribution in [3.63, 3.8) is 0 Å². The maximum atomic E-state index is 12.1. The molecule has 1 N–H and O–H groups in total. The van der Waals surface area contributed by atoms with Crippen molar-refractivity contribution < 1.29 is 23.9 Å². The molecular formula is C20H19NO5. The van der Waals surface area contributed by atoms with Gasteiger partial charge in [0.2, 0.25) is 0 Å². The summed E-state index contributed by atoms with van der Waals surface area (Å²) >= 11 is 0. The second-order valence-corrected chi connectivity index (χ2v) is 5.23. The molecule has 0 radical (unpaired) electrons. The van der Waals surface area contributed by atoms with Gasteiger partial charge in [-0.2, -0.15) is 0 Å². The van der Waals surface area contributed by atoms with Gasteiger partial charge in [-0.15, -0.1) is 0 Å². The van der Waals surface area contributed by atoms with E-state index in [1.807, 2.05) is 0 Å².